The molecule has 4 heteroatoms. The van der Waals surface area contributed by atoms with Gasteiger partial charge in [-0.25, -0.2) is 0 Å². The summed E-state index contributed by atoms with van der Waals surface area (Å²) < 4.78 is 0. The van der Waals surface area contributed by atoms with Crippen LogP contribution in [0.5, 0.6) is 0 Å². The number of aliphatic hydroxyl groups excluding tert-OH is 1. The Morgan fingerprint density at radius 2 is 2.18 bits per heavy atom. The van der Waals surface area contributed by atoms with Crippen molar-refractivity contribution >= 4 is 17.6 Å². The third-order valence-electron chi connectivity index (χ3n) is 1.60. The van der Waals surface area contributed by atoms with Gasteiger partial charge in [-0.1, -0.05) is 0 Å². The predicted octanol–water partition coefficient (Wildman–Crippen LogP) is 1.09. The topological polar surface area (TPSA) is 57.5 Å². The van der Waals surface area contributed by atoms with E-state index in [2.05, 4.69) is 0 Å². The lowest BCUT2D eigenvalue weighted by atomic mass is 10.0. The zero-order chi connectivity index (χ0) is 8.85. The van der Waals surface area contributed by atoms with Crippen LogP contribution in [0.25, 0.3) is 0 Å². The fraction of sp³-hybridized carbons (Fsp3) is 0.857. The lowest BCUT2D eigenvalue weighted by Crippen LogP contribution is -2.25. The number of hydrogen-bond acceptors (Lipinski definition) is 2. The summed E-state index contributed by atoms with van der Waals surface area (Å²) in [6.45, 7) is 1.49. The highest BCUT2D eigenvalue weighted by Crippen LogP contribution is 2.09. The highest BCUT2D eigenvalue weighted by Gasteiger charge is 2.20. The maximum absolute atomic E-state index is 10.3. The maximum atomic E-state index is 10.3. The van der Waals surface area contributed by atoms with E-state index < -0.39 is 18.0 Å². The van der Waals surface area contributed by atoms with E-state index in [4.69, 9.17) is 16.7 Å². The molecule has 0 spiro atoms. The van der Waals surface area contributed by atoms with Crippen LogP contribution in [0.3, 0.4) is 0 Å². The van der Waals surface area contributed by atoms with E-state index in [0.717, 1.165) is 0 Å². The van der Waals surface area contributed by atoms with Crippen LogP contribution >= 0.6 is 11.6 Å². The van der Waals surface area contributed by atoms with Gasteiger partial charge in [-0.05, 0) is 19.8 Å². The average molecular weight is 181 g/mol. The first-order chi connectivity index (χ1) is 5.09. The number of halogens is 1. The molecule has 0 aliphatic rings. The van der Waals surface area contributed by atoms with Gasteiger partial charge in [0.05, 0.1) is 12.0 Å². The van der Waals surface area contributed by atoms with E-state index in [1.165, 1.54) is 6.92 Å². The molecule has 0 aromatic carbocycles. The summed E-state index contributed by atoms with van der Waals surface area (Å²) >= 11 is 5.37. The Hall–Kier alpha value is -0.280. The average Bonchev–Trinajstić information content (AvgIpc) is 1.98. The number of aliphatic hydroxyl groups is 1. The Kier molecular flexibility index (Phi) is 5.24. The smallest absolute Gasteiger partial charge is 0.308 e. The van der Waals surface area contributed by atoms with E-state index in [0.29, 0.717) is 18.7 Å². The Labute approximate surface area is 71.0 Å². The van der Waals surface area contributed by atoms with E-state index in [-0.39, 0.29) is 0 Å². The molecule has 3 nitrogen and oxygen atoms in total. The molecule has 0 saturated heterocycles. The van der Waals surface area contributed by atoms with Gasteiger partial charge in [-0.2, -0.15) is 0 Å². The molecule has 0 aromatic heterocycles. The minimum absolute atomic E-state index is 0.455. The van der Waals surface area contributed by atoms with Crippen molar-refractivity contribution in [2.45, 2.75) is 25.9 Å². The number of carboxylic acid groups (broad SMARTS) is 1. The molecule has 0 aliphatic carbocycles. The maximum Gasteiger partial charge on any atom is 0.308 e. The van der Waals surface area contributed by atoms with Crippen LogP contribution in [0.15, 0.2) is 0 Å². The van der Waals surface area contributed by atoms with Crippen molar-refractivity contribution in [3.05, 3.63) is 0 Å². The normalized spacial score (nSPS) is 15.9. The van der Waals surface area contributed by atoms with Crippen LogP contribution in [0.2, 0.25) is 0 Å². The molecule has 11 heavy (non-hydrogen) atoms. The summed E-state index contributed by atoms with van der Waals surface area (Å²) in [6, 6.07) is 0. The van der Waals surface area contributed by atoms with Gasteiger partial charge in [0.2, 0.25) is 0 Å². The summed E-state index contributed by atoms with van der Waals surface area (Å²) in [6.07, 6.45) is 0.336. The number of rotatable bonds is 5. The minimum Gasteiger partial charge on any atom is -0.481 e. The van der Waals surface area contributed by atoms with E-state index in [1.807, 2.05) is 0 Å². The van der Waals surface area contributed by atoms with Crippen molar-refractivity contribution in [1.82, 2.24) is 0 Å². The molecule has 2 atom stereocenters. The molecule has 0 radical (unpaired) electrons. The van der Waals surface area contributed by atoms with Crippen molar-refractivity contribution < 1.29 is 15.0 Å². The third-order valence-corrected chi connectivity index (χ3v) is 1.87. The molecule has 0 fully saturated rings. The number of aliphatic carboxylic acids is 1. The predicted molar refractivity (Wildman–Crippen MR) is 42.8 cm³/mol. The van der Waals surface area contributed by atoms with Gasteiger partial charge in [0.15, 0.2) is 0 Å². The second kappa shape index (κ2) is 5.38. The van der Waals surface area contributed by atoms with Gasteiger partial charge in [0.1, 0.15) is 0 Å². The molecule has 0 heterocycles. The van der Waals surface area contributed by atoms with E-state index in [9.17, 15) is 9.90 Å². The lowest BCUT2D eigenvalue weighted by Gasteiger charge is -2.13. The molecule has 0 unspecified atom stereocenters. The standard InChI is InChI=1S/C7H13ClO3/c1-5(7(10)11)6(9)3-2-4-8/h5-6,9H,2-4H2,1H3,(H,10,11)/t5-,6+/m0/s1. The van der Waals surface area contributed by atoms with Crippen LogP contribution in [-0.4, -0.2) is 28.2 Å². The molecule has 0 bridgehead atoms. The zero-order valence-corrected chi connectivity index (χ0v) is 7.21. The lowest BCUT2D eigenvalue weighted by molar-refractivity contribution is -0.144. The zero-order valence-electron chi connectivity index (χ0n) is 6.46. The van der Waals surface area contributed by atoms with Crippen LogP contribution in [0.1, 0.15) is 19.8 Å². The Balaban J connectivity index is 3.63. The first-order valence-electron chi connectivity index (χ1n) is 3.56. The third kappa shape index (κ3) is 4.22. The Bertz CT molecular complexity index is 127. The fourth-order valence-corrected chi connectivity index (χ4v) is 0.855. The quantitative estimate of drug-likeness (QED) is 0.623. The summed E-state index contributed by atoms with van der Waals surface area (Å²) in [4.78, 5) is 10.3. The molecule has 0 rings (SSSR count). The van der Waals surface area contributed by atoms with Crippen molar-refractivity contribution in [2.75, 3.05) is 5.88 Å². The Morgan fingerprint density at radius 3 is 2.55 bits per heavy atom. The monoisotopic (exact) mass is 180 g/mol. The molecule has 2 N–H and O–H groups in total. The second-order valence-electron chi connectivity index (χ2n) is 2.53. The summed E-state index contributed by atoms with van der Waals surface area (Å²) in [7, 11) is 0. The van der Waals surface area contributed by atoms with Crippen LogP contribution in [0, 0.1) is 5.92 Å². The number of carboxylic acids is 1. The molecular formula is C7H13ClO3. The number of carbonyl (C=O) groups is 1. The molecule has 0 amide bonds. The van der Waals surface area contributed by atoms with Crippen molar-refractivity contribution in [2.24, 2.45) is 5.92 Å². The molecule has 0 aliphatic heterocycles. The van der Waals surface area contributed by atoms with Gasteiger partial charge < -0.3 is 10.2 Å². The molecular weight excluding hydrogens is 168 g/mol. The van der Waals surface area contributed by atoms with Crippen LogP contribution < -0.4 is 0 Å². The van der Waals surface area contributed by atoms with Crippen molar-refractivity contribution in [3.8, 4) is 0 Å². The van der Waals surface area contributed by atoms with Crippen molar-refractivity contribution in [1.29, 1.82) is 0 Å². The van der Waals surface area contributed by atoms with Crippen LogP contribution in [0.4, 0.5) is 0 Å². The first kappa shape index (κ1) is 10.7. The van der Waals surface area contributed by atoms with Crippen molar-refractivity contribution in [3.63, 3.8) is 0 Å². The largest absolute Gasteiger partial charge is 0.481 e. The second-order valence-corrected chi connectivity index (χ2v) is 2.90. The SMILES string of the molecule is C[C@H](C(=O)O)[C@H](O)CCCCl. The molecule has 0 saturated carbocycles. The minimum atomic E-state index is -0.966. The Morgan fingerprint density at radius 1 is 1.64 bits per heavy atom. The number of hydrogen-bond donors (Lipinski definition) is 2. The first-order valence-corrected chi connectivity index (χ1v) is 4.10. The number of alkyl halides is 1. The van der Waals surface area contributed by atoms with E-state index in [1.54, 1.807) is 0 Å². The molecule has 0 aromatic rings. The highest BCUT2D eigenvalue weighted by molar-refractivity contribution is 6.17. The van der Waals surface area contributed by atoms with Gasteiger partial charge >= 0.3 is 5.97 Å². The van der Waals surface area contributed by atoms with Gasteiger partial charge in [-0.15, -0.1) is 11.6 Å². The summed E-state index contributed by atoms with van der Waals surface area (Å²) in [5.41, 5.74) is 0. The molecule has 66 valence electrons. The van der Waals surface area contributed by atoms with Gasteiger partial charge in [0.25, 0.3) is 0 Å². The highest BCUT2D eigenvalue weighted by atomic mass is 35.5. The van der Waals surface area contributed by atoms with Crippen LogP contribution in [-0.2, 0) is 4.79 Å². The summed E-state index contributed by atoms with van der Waals surface area (Å²) in [5, 5.41) is 17.6. The van der Waals surface area contributed by atoms with Gasteiger partial charge in [0, 0.05) is 5.88 Å². The summed E-state index contributed by atoms with van der Waals surface area (Å²) in [5.74, 6) is -1.20. The fourth-order valence-electron chi connectivity index (χ4n) is 0.701. The van der Waals surface area contributed by atoms with Gasteiger partial charge in [-0.3, -0.25) is 4.79 Å². The van der Waals surface area contributed by atoms with E-state index >= 15 is 0 Å².